The Bertz CT molecular complexity index is 1550. The van der Waals surface area contributed by atoms with E-state index >= 15 is 0 Å². The van der Waals surface area contributed by atoms with Crippen molar-refractivity contribution in [2.24, 2.45) is 5.73 Å². The summed E-state index contributed by atoms with van der Waals surface area (Å²) in [7, 11) is 0. The van der Waals surface area contributed by atoms with Gasteiger partial charge in [0.05, 0.1) is 0 Å². The Balaban J connectivity index is 1.61. The number of nitrogens with one attached hydrogen (secondary N) is 1. The van der Waals surface area contributed by atoms with Gasteiger partial charge in [-0.05, 0) is 55.1 Å². The number of aromatic amines is 1. The zero-order valence-electron chi connectivity index (χ0n) is 18.7. The van der Waals surface area contributed by atoms with Gasteiger partial charge in [-0.25, -0.2) is 0 Å². The van der Waals surface area contributed by atoms with E-state index in [-0.39, 0.29) is 0 Å². The Kier molecular flexibility index (Phi) is 5.69. The minimum Gasteiger partial charge on any atom is -0.405 e. The number of hydrogen-bond donors (Lipinski definition) is 2. The third kappa shape index (κ3) is 3.90. The van der Waals surface area contributed by atoms with E-state index in [2.05, 4.69) is 114 Å². The molecule has 5 rings (SSSR count). The van der Waals surface area contributed by atoms with Crippen LogP contribution in [0.3, 0.4) is 0 Å². The van der Waals surface area contributed by atoms with Crippen LogP contribution in [0.15, 0.2) is 97.2 Å². The van der Waals surface area contributed by atoms with Gasteiger partial charge in [-0.3, -0.25) is 0 Å². The zero-order chi connectivity index (χ0) is 22.6. The quantitative estimate of drug-likeness (QED) is 0.270. The van der Waals surface area contributed by atoms with Gasteiger partial charge in [-0.15, -0.1) is 0 Å². The second kappa shape index (κ2) is 9.09. The largest absolute Gasteiger partial charge is 0.405 e. The summed E-state index contributed by atoms with van der Waals surface area (Å²) in [6, 6.07) is 23.6. The van der Waals surface area contributed by atoms with Crippen LogP contribution in [0.2, 0.25) is 0 Å². The zero-order valence-corrected chi connectivity index (χ0v) is 18.7. The minimum absolute atomic E-state index is 0.777. The molecule has 0 spiro atoms. The summed E-state index contributed by atoms with van der Waals surface area (Å²) in [5.41, 5.74) is 12.6. The van der Waals surface area contributed by atoms with Crippen molar-refractivity contribution in [2.45, 2.75) is 13.5 Å². The van der Waals surface area contributed by atoms with Gasteiger partial charge in [-0.2, -0.15) is 0 Å². The molecular weight excluding hydrogens is 402 g/mol. The molecule has 0 fully saturated rings. The Morgan fingerprint density at radius 1 is 0.818 bits per heavy atom. The van der Waals surface area contributed by atoms with Crippen molar-refractivity contribution in [3.8, 4) is 0 Å². The molecule has 2 aromatic heterocycles. The summed E-state index contributed by atoms with van der Waals surface area (Å²) in [5.74, 6) is 0. The first-order valence-corrected chi connectivity index (χ1v) is 11.3. The Morgan fingerprint density at radius 2 is 1.61 bits per heavy atom. The van der Waals surface area contributed by atoms with E-state index in [1.165, 1.54) is 44.0 Å². The van der Waals surface area contributed by atoms with E-state index in [1.54, 1.807) is 6.20 Å². The fourth-order valence-corrected chi connectivity index (χ4v) is 4.52. The van der Waals surface area contributed by atoms with E-state index < -0.39 is 0 Å². The summed E-state index contributed by atoms with van der Waals surface area (Å²) >= 11 is 0. The molecule has 5 aromatic rings. The lowest BCUT2D eigenvalue weighted by Crippen LogP contribution is -1.98. The average Bonchev–Trinajstić information content (AvgIpc) is 3.36. The molecule has 0 aliphatic carbocycles. The van der Waals surface area contributed by atoms with Crippen LogP contribution in [0.25, 0.3) is 50.9 Å². The summed E-state index contributed by atoms with van der Waals surface area (Å²) in [4.78, 5) is 3.51. The number of nitrogens with two attached hydrogens (primary N) is 1. The second-order valence-corrected chi connectivity index (χ2v) is 8.05. The standard InChI is InChI=1S/C30H27N3/c1-2-10-29-25(24-12-5-7-14-30(24)33(29)20-9-3-8-19-31)17-15-22-16-18-28-26(21-22)23-11-4-6-13-27(23)32-28/h2-19,21,32H,20,31H2,1H3/b9-3-,10-2-,17-15+,19-8-. The van der Waals surface area contributed by atoms with Crippen molar-refractivity contribution in [2.75, 3.05) is 0 Å². The third-order valence-corrected chi connectivity index (χ3v) is 6.00. The highest BCUT2D eigenvalue weighted by Gasteiger charge is 2.12. The van der Waals surface area contributed by atoms with Crippen molar-refractivity contribution >= 4 is 50.9 Å². The number of fused-ring (bicyclic) bond motifs is 4. The molecule has 3 N–H and O–H groups in total. The maximum absolute atomic E-state index is 5.47. The van der Waals surface area contributed by atoms with Crippen molar-refractivity contribution < 1.29 is 0 Å². The van der Waals surface area contributed by atoms with Gasteiger partial charge >= 0.3 is 0 Å². The second-order valence-electron chi connectivity index (χ2n) is 8.05. The number of nitrogens with zero attached hydrogens (tertiary/aromatic N) is 1. The molecule has 0 aliphatic heterocycles. The first-order valence-electron chi connectivity index (χ1n) is 11.3. The van der Waals surface area contributed by atoms with Gasteiger partial charge in [0.25, 0.3) is 0 Å². The predicted octanol–water partition coefficient (Wildman–Crippen LogP) is 7.51. The molecule has 0 amide bonds. The van der Waals surface area contributed by atoms with Crippen molar-refractivity contribution in [1.82, 2.24) is 9.55 Å². The van der Waals surface area contributed by atoms with E-state index in [1.807, 2.05) is 12.2 Å². The monoisotopic (exact) mass is 429 g/mol. The number of H-pyrrole nitrogens is 1. The molecule has 3 heteroatoms. The average molecular weight is 430 g/mol. The fraction of sp³-hybridized carbons (Fsp3) is 0.0667. The minimum atomic E-state index is 0.777. The molecule has 0 radical (unpaired) electrons. The van der Waals surface area contributed by atoms with Crippen molar-refractivity contribution in [3.63, 3.8) is 0 Å². The molecule has 33 heavy (non-hydrogen) atoms. The van der Waals surface area contributed by atoms with Gasteiger partial charge in [0.1, 0.15) is 0 Å². The highest BCUT2D eigenvalue weighted by molar-refractivity contribution is 6.08. The molecule has 3 aromatic carbocycles. The Morgan fingerprint density at radius 3 is 2.45 bits per heavy atom. The third-order valence-electron chi connectivity index (χ3n) is 6.00. The molecule has 2 heterocycles. The molecular formula is C30H27N3. The summed E-state index contributed by atoms with van der Waals surface area (Å²) in [6.07, 6.45) is 16.3. The van der Waals surface area contributed by atoms with Crippen LogP contribution in [-0.2, 0) is 6.54 Å². The molecule has 0 aliphatic rings. The van der Waals surface area contributed by atoms with Crippen LogP contribution in [0.1, 0.15) is 23.7 Å². The Labute approximate surface area is 193 Å². The van der Waals surface area contributed by atoms with Gasteiger partial charge in [0, 0.05) is 50.5 Å². The van der Waals surface area contributed by atoms with Crippen LogP contribution in [0.4, 0.5) is 0 Å². The molecule has 162 valence electrons. The van der Waals surface area contributed by atoms with Crippen LogP contribution < -0.4 is 5.73 Å². The highest BCUT2D eigenvalue weighted by Crippen LogP contribution is 2.31. The summed E-state index contributed by atoms with van der Waals surface area (Å²) in [5, 5.41) is 3.76. The number of aromatic nitrogens is 2. The molecule has 0 saturated heterocycles. The van der Waals surface area contributed by atoms with E-state index in [0.717, 1.165) is 12.1 Å². The van der Waals surface area contributed by atoms with Gasteiger partial charge in [0.15, 0.2) is 0 Å². The lowest BCUT2D eigenvalue weighted by molar-refractivity contribution is 0.852. The van der Waals surface area contributed by atoms with Crippen LogP contribution in [0, 0.1) is 0 Å². The SMILES string of the molecule is C/C=C\c1c(/C=C/c2ccc3[nH]c4ccccc4c3c2)c2ccccc2n1C/C=C\C=C/N. The van der Waals surface area contributed by atoms with Crippen molar-refractivity contribution in [3.05, 3.63) is 114 Å². The molecule has 0 atom stereocenters. The lowest BCUT2D eigenvalue weighted by Gasteiger charge is -2.05. The van der Waals surface area contributed by atoms with Crippen molar-refractivity contribution in [1.29, 1.82) is 0 Å². The number of allylic oxidation sites excluding steroid dienone is 4. The molecule has 0 saturated carbocycles. The number of rotatable bonds is 6. The summed E-state index contributed by atoms with van der Waals surface area (Å²) in [6.45, 7) is 2.84. The highest BCUT2D eigenvalue weighted by atomic mass is 15.0. The van der Waals surface area contributed by atoms with Crippen LogP contribution in [0.5, 0.6) is 0 Å². The molecule has 0 bridgehead atoms. The Hall–Kier alpha value is -4.24. The predicted molar refractivity (Wildman–Crippen MR) is 144 cm³/mol. The maximum atomic E-state index is 5.47. The van der Waals surface area contributed by atoms with Gasteiger partial charge in [-0.1, -0.05) is 72.8 Å². The summed E-state index contributed by atoms with van der Waals surface area (Å²) < 4.78 is 2.35. The first kappa shape index (κ1) is 20.7. The number of hydrogen-bond acceptors (Lipinski definition) is 1. The van der Waals surface area contributed by atoms with Gasteiger partial charge < -0.3 is 15.3 Å². The number of benzene rings is 3. The smallest absolute Gasteiger partial charge is 0.0494 e. The van der Waals surface area contributed by atoms with E-state index in [0.29, 0.717) is 0 Å². The van der Waals surface area contributed by atoms with E-state index in [4.69, 9.17) is 5.73 Å². The normalized spacial score (nSPS) is 12.8. The lowest BCUT2D eigenvalue weighted by atomic mass is 10.1. The first-order chi connectivity index (χ1) is 16.3. The van der Waals surface area contributed by atoms with Crippen LogP contribution >= 0.6 is 0 Å². The molecule has 0 unspecified atom stereocenters. The fourth-order valence-electron chi connectivity index (χ4n) is 4.52. The maximum Gasteiger partial charge on any atom is 0.0494 e. The van der Waals surface area contributed by atoms with Gasteiger partial charge in [0.2, 0.25) is 0 Å². The molecule has 3 nitrogen and oxygen atoms in total. The topological polar surface area (TPSA) is 46.7 Å². The van der Waals surface area contributed by atoms with E-state index in [9.17, 15) is 0 Å². The number of para-hydroxylation sites is 2. The van der Waals surface area contributed by atoms with Crippen LogP contribution in [-0.4, -0.2) is 9.55 Å².